The van der Waals surface area contributed by atoms with Crippen molar-refractivity contribution in [2.24, 2.45) is 0 Å². The molecule has 1 heterocycles. The van der Waals surface area contributed by atoms with Crippen LogP contribution in [0.5, 0.6) is 0 Å². The van der Waals surface area contributed by atoms with Gasteiger partial charge in [0.15, 0.2) is 0 Å². The summed E-state index contributed by atoms with van der Waals surface area (Å²) in [6.45, 7) is 4.87. The van der Waals surface area contributed by atoms with Gasteiger partial charge in [-0.05, 0) is 48.0 Å². The third kappa shape index (κ3) is 3.20. The fourth-order valence-corrected chi connectivity index (χ4v) is 3.91. The molecule has 6 heteroatoms. The zero-order valence-electron chi connectivity index (χ0n) is 10.8. The summed E-state index contributed by atoms with van der Waals surface area (Å²) in [6.07, 6.45) is 0. The van der Waals surface area contributed by atoms with E-state index >= 15 is 0 Å². The summed E-state index contributed by atoms with van der Waals surface area (Å²) in [5.41, 5.74) is 0.552. The highest BCUT2D eigenvalue weighted by molar-refractivity contribution is 9.10. The molecule has 0 radical (unpaired) electrons. The van der Waals surface area contributed by atoms with E-state index in [1.54, 1.807) is 23.1 Å². The van der Waals surface area contributed by atoms with E-state index in [0.29, 0.717) is 29.4 Å². The number of benzene rings is 1. The van der Waals surface area contributed by atoms with Crippen molar-refractivity contribution >= 4 is 44.2 Å². The van der Waals surface area contributed by atoms with Gasteiger partial charge in [-0.3, -0.25) is 9.00 Å². The van der Waals surface area contributed by atoms with E-state index in [4.69, 9.17) is 11.6 Å². The van der Waals surface area contributed by atoms with Crippen molar-refractivity contribution in [2.45, 2.75) is 18.6 Å². The molecule has 1 aromatic rings. The molecular weight excluding hydrogens is 350 g/mol. The summed E-state index contributed by atoms with van der Waals surface area (Å²) in [6, 6.07) is 5.16. The lowest BCUT2D eigenvalue weighted by Crippen LogP contribution is -2.52. The van der Waals surface area contributed by atoms with E-state index < -0.39 is 10.8 Å². The normalized spacial score (nSPS) is 22.3. The first-order valence-corrected chi connectivity index (χ1v) is 8.43. The highest BCUT2D eigenvalue weighted by atomic mass is 79.9. The Hall–Kier alpha value is -0.390. The molecule has 0 unspecified atom stereocenters. The fraction of sp³-hybridized carbons (Fsp3) is 0.462. The smallest absolute Gasteiger partial charge is 0.255 e. The van der Waals surface area contributed by atoms with E-state index in [1.807, 2.05) is 13.8 Å². The Kier molecular flexibility index (Phi) is 4.38. The third-order valence-corrected chi connectivity index (χ3v) is 6.02. The van der Waals surface area contributed by atoms with Crippen LogP contribution in [0.3, 0.4) is 0 Å². The van der Waals surface area contributed by atoms with E-state index in [0.717, 1.165) is 4.47 Å². The predicted octanol–water partition coefficient (Wildman–Crippen LogP) is 3.09. The Balaban J connectivity index is 2.25. The number of carbonyl (C=O) groups is 1. The molecule has 19 heavy (non-hydrogen) atoms. The maximum Gasteiger partial charge on any atom is 0.255 e. The van der Waals surface area contributed by atoms with Gasteiger partial charge in [0.1, 0.15) is 0 Å². The average molecular weight is 365 g/mol. The molecule has 1 fully saturated rings. The van der Waals surface area contributed by atoms with Gasteiger partial charge in [0, 0.05) is 39.1 Å². The summed E-state index contributed by atoms with van der Waals surface area (Å²) in [7, 11) is -0.886. The topological polar surface area (TPSA) is 37.4 Å². The van der Waals surface area contributed by atoms with Crippen molar-refractivity contribution in [3.8, 4) is 0 Å². The van der Waals surface area contributed by atoms with Crippen molar-refractivity contribution in [3.05, 3.63) is 33.3 Å². The van der Waals surface area contributed by atoms with Crippen LogP contribution in [0.25, 0.3) is 0 Å². The maximum absolute atomic E-state index is 12.5. The highest BCUT2D eigenvalue weighted by Crippen LogP contribution is 2.26. The Morgan fingerprint density at radius 1 is 1.47 bits per heavy atom. The molecule has 0 spiro atoms. The second kappa shape index (κ2) is 5.54. The van der Waals surface area contributed by atoms with Crippen LogP contribution in [0, 0.1) is 0 Å². The summed E-state index contributed by atoms with van der Waals surface area (Å²) in [4.78, 5) is 14.3. The monoisotopic (exact) mass is 363 g/mol. The van der Waals surface area contributed by atoms with E-state index in [-0.39, 0.29) is 10.7 Å². The first-order valence-electron chi connectivity index (χ1n) is 5.94. The zero-order valence-corrected chi connectivity index (χ0v) is 13.9. The second-order valence-corrected chi connectivity index (χ2v) is 8.66. The first-order chi connectivity index (χ1) is 8.81. The predicted molar refractivity (Wildman–Crippen MR) is 82.1 cm³/mol. The minimum atomic E-state index is -0.886. The molecule has 0 aliphatic carbocycles. The van der Waals surface area contributed by atoms with E-state index in [1.165, 1.54) is 0 Å². The number of halogens is 2. The number of nitrogens with zero attached hydrogens (tertiary/aromatic N) is 1. The van der Waals surface area contributed by atoms with Crippen LogP contribution in [-0.2, 0) is 10.8 Å². The molecule has 1 aliphatic rings. The molecule has 0 saturated carbocycles. The van der Waals surface area contributed by atoms with Crippen LogP contribution in [0.15, 0.2) is 22.7 Å². The molecule has 0 aromatic heterocycles. The standard InChI is InChI=1S/C13H15BrClNO2S/c1-13(2)8-16(5-6-19(13)18)12(17)10-7-9(15)3-4-11(10)14/h3-4,7H,5-6,8H2,1-2H3/t19-/m0/s1. The van der Waals surface area contributed by atoms with Crippen molar-refractivity contribution in [2.75, 3.05) is 18.8 Å². The van der Waals surface area contributed by atoms with Gasteiger partial charge in [-0.15, -0.1) is 0 Å². The minimum absolute atomic E-state index is 0.0702. The fourth-order valence-electron chi connectivity index (χ4n) is 2.09. The van der Waals surface area contributed by atoms with Gasteiger partial charge in [0.25, 0.3) is 5.91 Å². The first kappa shape index (κ1) is 15.0. The lowest BCUT2D eigenvalue weighted by molar-refractivity contribution is 0.0745. The molecule has 1 atom stereocenters. The van der Waals surface area contributed by atoms with Gasteiger partial charge in [0.2, 0.25) is 0 Å². The van der Waals surface area contributed by atoms with Crippen LogP contribution >= 0.6 is 27.5 Å². The average Bonchev–Trinajstić information content (AvgIpc) is 2.35. The third-order valence-electron chi connectivity index (χ3n) is 3.18. The van der Waals surface area contributed by atoms with Crippen molar-refractivity contribution in [1.29, 1.82) is 0 Å². The molecule has 0 N–H and O–H groups in total. The molecule has 1 amide bonds. The second-order valence-electron chi connectivity index (χ2n) is 5.16. The molecular formula is C13H15BrClNO2S. The maximum atomic E-state index is 12.5. The summed E-state index contributed by atoms with van der Waals surface area (Å²) >= 11 is 9.31. The van der Waals surface area contributed by atoms with Crippen molar-refractivity contribution in [1.82, 2.24) is 4.90 Å². The van der Waals surface area contributed by atoms with Gasteiger partial charge in [-0.1, -0.05) is 11.6 Å². The summed E-state index contributed by atoms with van der Waals surface area (Å²) in [5.74, 6) is 0.454. The molecule has 1 saturated heterocycles. The Morgan fingerprint density at radius 2 is 2.16 bits per heavy atom. The molecule has 104 valence electrons. The Bertz CT molecular complexity index is 547. The number of rotatable bonds is 1. The van der Waals surface area contributed by atoms with Gasteiger partial charge in [0.05, 0.1) is 10.3 Å². The van der Waals surface area contributed by atoms with Gasteiger partial charge in [-0.2, -0.15) is 0 Å². The van der Waals surface area contributed by atoms with Crippen LogP contribution in [-0.4, -0.2) is 38.6 Å². The molecule has 1 aromatic carbocycles. The Morgan fingerprint density at radius 3 is 2.79 bits per heavy atom. The molecule has 2 rings (SSSR count). The number of carbonyl (C=O) groups excluding carboxylic acids is 1. The van der Waals surface area contributed by atoms with Gasteiger partial charge in [-0.25, -0.2) is 0 Å². The van der Waals surface area contributed by atoms with Gasteiger partial charge >= 0.3 is 0 Å². The van der Waals surface area contributed by atoms with Crippen molar-refractivity contribution < 1.29 is 9.00 Å². The summed E-state index contributed by atoms with van der Waals surface area (Å²) in [5, 5.41) is 0.534. The van der Waals surface area contributed by atoms with Crippen molar-refractivity contribution in [3.63, 3.8) is 0 Å². The van der Waals surface area contributed by atoms with Crippen LogP contribution < -0.4 is 0 Å². The number of amides is 1. The largest absolute Gasteiger partial charge is 0.336 e. The van der Waals surface area contributed by atoms with Gasteiger partial charge < -0.3 is 4.90 Å². The van der Waals surface area contributed by atoms with E-state index in [2.05, 4.69) is 15.9 Å². The van der Waals surface area contributed by atoms with Crippen LogP contribution in [0.4, 0.5) is 0 Å². The zero-order chi connectivity index (χ0) is 14.2. The minimum Gasteiger partial charge on any atom is -0.336 e. The SMILES string of the molecule is CC1(C)CN(C(=O)c2cc(Cl)ccc2Br)CC[S@@]1=O. The van der Waals surface area contributed by atoms with Crippen LogP contribution in [0.2, 0.25) is 5.02 Å². The molecule has 1 aliphatic heterocycles. The highest BCUT2D eigenvalue weighted by Gasteiger charge is 2.35. The molecule has 0 bridgehead atoms. The molecule has 3 nitrogen and oxygen atoms in total. The summed E-state index contributed by atoms with van der Waals surface area (Å²) < 4.78 is 12.3. The number of hydrogen-bond acceptors (Lipinski definition) is 2. The van der Waals surface area contributed by atoms with Crippen LogP contribution in [0.1, 0.15) is 24.2 Å². The lowest BCUT2D eigenvalue weighted by Gasteiger charge is -2.37. The Labute approximate surface area is 128 Å². The van der Waals surface area contributed by atoms with E-state index in [9.17, 15) is 9.00 Å². The number of hydrogen-bond donors (Lipinski definition) is 0. The quantitative estimate of drug-likeness (QED) is 0.768. The lowest BCUT2D eigenvalue weighted by atomic mass is 10.1.